The van der Waals surface area contributed by atoms with Gasteiger partial charge in [-0.1, -0.05) is 24.3 Å². The van der Waals surface area contributed by atoms with Crippen LogP contribution in [0.25, 0.3) is 0 Å². The molecule has 0 unspecified atom stereocenters. The Kier molecular flexibility index (Phi) is 7.14. The van der Waals surface area contributed by atoms with E-state index in [0.717, 1.165) is 28.9 Å². The Balaban J connectivity index is 1.52. The molecule has 2 aromatic rings. The third-order valence-electron chi connectivity index (χ3n) is 6.29. The Morgan fingerprint density at radius 1 is 1.26 bits per heavy atom. The van der Waals surface area contributed by atoms with E-state index in [0.29, 0.717) is 31.7 Å². The molecular formula is C25H29N3O6. The Bertz CT molecular complexity index is 1090. The summed E-state index contributed by atoms with van der Waals surface area (Å²) in [5.74, 6) is -0.776. The van der Waals surface area contributed by atoms with Crippen molar-refractivity contribution in [1.29, 1.82) is 0 Å². The Labute approximate surface area is 197 Å². The second-order valence-electron chi connectivity index (χ2n) is 8.87. The number of hydrogen-bond donors (Lipinski definition) is 3. The van der Waals surface area contributed by atoms with Gasteiger partial charge < -0.3 is 25.2 Å². The van der Waals surface area contributed by atoms with Crippen LogP contribution in [-0.4, -0.2) is 77.2 Å². The van der Waals surface area contributed by atoms with E-state index in [2.05, 4.69) is 10.2 Å². The summed E-state index contributed by atoms with van der Waals surface area (Å²) in [5.41, 5.74) is 3.34. The second-order valence-corrected chi connectivity index (χ2v) is 8.87. The minimum atomic E-state index is -1.06. The van der Waals surface area contributed by atoms with Crippen LogP contribution in [0.3, 0.4) is 0 Å². The van der Waals surface area contributed by atoms with E-state index in [9.17, 15) is 19.5 Å². The number of rotatable bonds is 9. The van der Waals surface area contributed by atoms with E-state index in [4.69, 9.17) is 9.84 Å². The molecule has 0 spiro atoms. The van der Waals surface area contributed by atoms with Gasteiger partial charge in [0.05, 0.1) is 25.0 Å². The summed E-state index contributed by atoms with van der Waals surface area (Å²) in [4.78, 5) is 39.6. The molecule has 9 heteroatoms. The number of aliphatic hydroxyl groups is 1. The smallest absolute Gasteiger partial charge is 0.341 e. The van der Waals surface area contributed by atoms with E-state index in [1.165, 1.54) is 0 Å². The number of likely N-dealkylation sites (tertiary alicyclic amines) is 1. The third kappa shape index (κ3) is 5.73. The second kappa shape index (κ2) is 10.2. The lowest BCUT2D eigenvalue weighted by Gasteiger charge is -2.32. The van der Waals surface area contributed by atoms with Crippen LogP contribution in [-0.2, 0) is 27.2 Å². The number of carboxylic acid groups (broad SMARTS) is 1. The van der Waals surface area contributed by atoms with Crippen LogP contribution in [0.2, 0.25) is 0 Å². The van der Waals surface area contributed by atoms with Crippen LogP contribution in [0.4, 0.5) is 5.69 Å². The molecule has 180 valence electrons. The zero-order valence-electron chi connectivity index (χ0n) is 19.1. The number of nitrogens with one attached hydrogen (secondary N) is 1. The van der Waals surface area contributed by atoms with Gasteiger partial charge in [-0.2, -0.15) is 0 Å². The quantitative estimate of drug-likeness (QED) is 0.511. The number of carbonyl (C=O) groups is 3. The molecule has 1 fully saturated rings. The lowest BCUT2D eigenvalue weighted by molar-refractivity contribution is -0.139. The number of β-amino-alcohol motifs (C(OH)–C–C–N with tert-alkyl or cyclic N) is 1. The number of hydrogen-bond acceptors (Lipinski definition) is 6. The molecule has 2 amide bonds. The van der Waals surface area contributed by atoms with Gasteiger partial charge in [-0.25, -0.2) is 4.79 Å². The maximum absolute atomic E-state index is 13.3. The maximum atomic E-state index is 13.3. The van der Waals surface area contributed by atoms with Crippen LogP contribution >= 0.6 is 0 Å². The molecule has 2 aliphatic heterocycles. The minimum absolute atomic E-state index is 0.0477. The summed E-state index contributed by atoms with van der Waals surface area (Å²) >= 11 is 0. The number of likely N-dealkylation sites (N-methyl/N-ethyl adjacent to an activating group) is 1. The average Bonchev–Trinajstić information content (AvgIpc) is 3.39. The SMILES string of the molecule is CN(C(=O)Cc1ccc2c(c1)CC(=O)N2)[C@H](CN1CC[C@H](O)C1)c1cccc(OCC(=O)O)c1. The highest BCUT2D eigenvalue weighted by Gasteiger charge is 2.29. The fraction of sp³-hybridized carbons (Fsp3) is 0.400. The predicted octanol–water partition coefficient (Wildman–Crippen LogP) is 1.45. The van der Waals surface area contributed by atoms with Crippen LogP contribution in [0.5, 0.6) is 5.75 Å². The van der Waals surface area contributed by atoms with E-state index in [1.54, 1.807) is 30.1 Å². The van der Waals surface area contributed by atoms with Crippen LogP contribution < -0.4 is 10.1 Å². The molecule has 34 heavy (non-hydrogen) atoms. The molecule has 0 aliphatic carbocycles. The van der Waals surface area contributed by atoms with Gasteiger partial charge in [0.2, 0.25) is 11.8 Å². The van der Waals surface area contributed by atoms with Crippen molar-refractivity contribution in [3.8, 4) is 5.75 Å². The van der Waals surface area contributed by atoms with Crippen molar-refractivity contribution in [3.05, 3.63) is 59.2 Å². The minimum Gasteiger partial charge on any atom is -0.482 e. The average molecular weight is 468 g/mol. The van der Waals surface area contributed by atoms with Gasteiger partial charge in [0, 0.05) is 32.4 Å². The molecule has 0 aromatic heterocycles. The highest BCUT2D eigenvalue weighted by molar-refractivity contribution is 5.99. The highest BCUT2D eigenvalue weighted by Crippen LogP contribution is 2.28. The van der Waals surface area contributed by atoms with E-state index in [-0.39, 0.29) is 30.4 Å². The van der Waals surface area contributed by atoms with Crippen molar-refractivity contribution in [2.24, 2.45) is 0 Å². The molecular weight excluding hydrogens is 438 g/mol. The predicted molar refractivity (Wildman–Crippen MR) is 125 cm³/mol. The van der Waals surface area contributed by atoms with Gasteiger partial charge in [-0.15, -0.1) is 0 Å². The van der Waals surface area contributed by atoms with E-state index < -0.39 is 12.6 Å². The molecule has 0 bridgehead atoms. The maximum Gasteiger partial charge on any atom is 0.341 e. The van der Waals surface area contributed by atoms with Crippen molar-refractivity contribution < 1.29 is 29.3 Å². The summed E-state index contributed by atoms with van der Waals surface area (Å²) in [6.07, 6.45) is 0.811. The summed E-state index contributed by atoms with van der Waals surface area (Å²) in [6, 6.07) is 12.4. The number of carbonyl (C=O) groups excluding carboxylic acids is 2. The number of amides is 2. The molecule has 1 saturated heterocycles. The first kappa shape index (κ1) is 23.7. The van der Waals surface area contributed by atoms with Crippen LogP contribution in [0.15, 0.2) is 42.5 Å². The third-order valence-corrected chi connectivity index (χ3v) is 6.29. The first-order valence-electron chi connectivity index (χ1n) is 11.3. The van der Waals surface area contributed by atoms with E-state index >= 15 is 0 Å². The molecule has 3 N–H and O–H groups in total. The lowest BCUT2D eigenvalue weighted by atomic mass is 10.0. The fourth-order valence-electron chi connectivity index (χ4n) is 4.50. The Morgan fingerprint density at radius 2 is 2.09 bits per heavy atom. The summed E-state index contributed by atoms with van der Waals surface area (Å²) in [6.45, 7) is 1.36. The molecule has 2 atom stereocenters. The largest absolute Gasteiger partial charge is 0.482 e. The molecule has 2 aromatic carbocycles. The summed E-state index contributed by atoms with van der Waals surface area (Å²) < 4.78 is 5.34. The van der Waals surface area contributed by atoms with E-state index in [1.807, 2.05) is 24.3 Å². The van der Waals surface area contributed by atoms with Crippen molar-refractivity contribution in [2.75, 3.05) is 38.6 Å². The lowest BCUT2D eigenvalue weighted by Crippen LogP contribution is -2.39. The first-order valence-corrected chi connectivity index (χ1v) is 11.3. The summed E-state index contributed by atoms with van der Waals surface area (Å²) in [5, 5.41) is 21.7. The van der Waals surface area contributed by atoms with Gasteiger partial charge in [0.1, 0.15) is 5.75 Å². The van der Waals surface area contributed by atoms with Crippen molar-refractivity contribution >= 4 is 23.5 Å². The molecule has 4 rings (SSSR count). The van der Waals surface area contributed by atoms with Gasteiger partial charge >= 0.3 is 5.97 Å². The van der Waals surface area contributed by atoms with Crippen LogP contribution in [0.1, 0.15) is 29.2 Å². The molecule has 9 nitrogen and oxygen atoms in total. The summed E-state index contributed by atoms with van der Waals surface area (Å²) in [7, 11) is 1.75. The zero-order chi connectivity index (χ0) is 24.2. The van der Waals surface area contributed by atoms with Gasteiger partial charge in [-0.3, -0.25) is 14.5 Å². The number of ether oxygens (including phenoxy) is 1. The number of benzene rings is 2. The zero-order valence-corrected chi connectivity index (χ0v) is 19.1. The monoisotopic (exact) mass is 467 g/mol. The standard InChI is InChI=1S/C25H29N3O6/c1-27(24(31)10-16-5-6-21-18(9-16)12-23(30)26-21)22(14-28-8-7-19(29)13-28)17-3-2-4-20(11-17)34-15-25(32)33/h2-6,9,11,19,22,29H,7-8,10,12-15H2,1H3,(H,26,30)(H,32,33)/t19-,22+/m0/s1. The van der Waals surface area contributed by atoms with Gasteiger partial charge in [0.15, 0.2) is 6.61 Å². The van der Waals surface area contributed by atoms with Gasteiger partial charge in [0.25, 0.3) is 0 Å². The molecule has 2 aliphatic rings. The number of fused-ring (bicyclic) bond motifs is 1. The normalized spacial score (nSPS) is 18.3. The molecule has 0 saturated carbocycles. The van der Waals surface area contributed by atoms with Crippen molar-refractivity contribution in [1.82, 2.24) is 9.80 Å². The molecule has 2 heterocycles. The van der Waals surface area contributed by atoms with Gasteiger partial charge in [-0.05, 0) is 41.3 Å². The van der Waals surface area contributed by atoms with Crippen molar-refractivity contribution in [2.45, 2.75) is 31.4 Å². The van der Waals surface area contributed by atoms with Crippen molar-refractivity contribution in [3.63, 3.8) is 0 Å². The Morgan fingerprint density at radius 3 is 2.82 bits per heavy atom. The number of nitrogens with zero attached hydrogens (tertiary/aromatic N) is 2. The Hall–Kier alpha value is -3.43. The fourth-order valence-corrected chi connectivity index (χ4v) is 4.50. The highest BCUT2D eigenvalue weighted by atomic mass is 16.5. The molecule has 0 radical (unpaired) electrons. The van der Waals surface area contributed by atoms with Crippen LogP contribution in [0, 0.1) is 0 Å². The first-order chi connectivity index (χ1) is 16.3. The number of anilines is 1. The number of aliphatic hydroxyl groups excluding tert-OH is 1. The number of aliphatic carboxylic acids is 1. The topological polar surface area (TPSA) is 119 Å². The number of carboxylic acids is 1.